The maximum absolute atomic E-state index is 14.7. The first kappa shape index (κ1) is 38.2. The van der Waals surface area contributed by atoms with E-state index in [1.807, 2.05) is 30.3 Å². The maximum atomic E-state index is 14.7. The summed E-state index contributed by atoms with van der Waals surface area (Å²) in [4.78, 5) is 29.7. The Bertz CT molecular complexity index is 1910. The number of carbonyl (C=O) groups is 2. The number of nitrogens with zero attached hydrogens (tertiary/aromatic N) is 2. The molecule has 0 radical (unpaired) electrons. The van der Waals surface area contributed by atoms with Crippen LogP contribution in [0.1, 0.15) is 18.1 Å². The van der Waals surface area contributed by atoms with E-state index in [0.29, 0.717) is 28.6 Å². The summed E-state index contributed by atoms with van der Waals surface area (Å²) < 4.78 is 51.9. The van der Waals surface area contributed by atoms with Crippen molar-refractivity contribution in [3.8, 4) is 23.0 Å². The van der Waals surface area contributed by atoms with Gasteiger partial charge in [0.1, 0.15) is 24.1 Å². The maximum Gasteiger partial charge on any atom is 0.265 e. The van der Waals surface area contributed by atoms with Gasteiger partial charge in [-0.25, -0.2) is 8.42 Å². The Hall–Kier alpha value is -4.65. The van der Waals surface area contributed by atoms with Crippen LogP contribution in [0, 0.1) is 0 Å². The van der Waals surface area contributed by atoms with E-state index in [1.165, 1.54) is 63.7 Å². The lowest BCUT2D eigenvalue weighted by Gasteiger charge is -2.34. The van der Waals surface area contributed by atoms with E-state index in [9.17, 15) is 18.0 Å². The van der Waals surface area contributed by atoms with Gasteiger partial charge in [0.25, 0.3) is 10.0 Å². The molecule has 0 fully saturated rings. The number of ether oxygens (including phenoxy) is 4. The van der Waals surface area contributed by atoms with Crippen molar-refractivity contribution in [3.05, 3.63) is 106 Å². The molecule has 50 heavy (non-hydrogen) atoms. The summed E-state index contributed by atoms with van der Waals surface area (Å²) >= 11 is 12.5. The second-order valence-corrected chi connectivity index (χ2v) is 13.6. The summed E-state index contributed by atoms with van der Waals surface area (Å²) in [7, 11) is 1.11. The first-order valence-electron chi connectivity index (χ1n) is 15.5. The van der Waals surface area contributed by atoms with E-state index in [4.69, 9.17) is 42.1 Å². The Labute approximate surface area is 302 Å². The fourth-order valence-corrected chi connectivity index (χ4v) is 7.04. The lowest BCUT2D eigenvalue weighted by Crippen LogP contribution is -2.53. The summed E-state index contributed by atoms with van der Waals surface area (Å²) in [6.45, 7) is 1.25. The third-order valence-corrected chi connectivity index (χ3v) is 10.3. The monoisotopic (exact) mass is 743 g/mol. The van der Waals surface area contributed by atoms with Gasteiger partial charge in [-0.3, -0.25) is 13.9 Å². The zero-order chi connectivity index (χ0) is 36.4. The van der Waals surface area contributed by atoms with Gasteiger partial charge in [0.15, 0.2) is 11.5 Å². The fraction of sp³-hybridized carbons (Fsp3) is 0.278. The summed E-state index contributed by atoms with van der Waals surface area (Å²) in [5, 5.41) is 3.40. The molecule has 4 aromatic carbocycles. The molecule has 0 heterocycles. The number of carbonyl (C=O) groups excluding carboxylic acids is 2. The number of likely N-dealkylation sites (N-methyl/N-ethyl adjacent to an activating group) is 1. The van der Waals surface area contributed by atoms with Crippen molar-refractivity contribution >= 4 is 50.7 Å². The van der Waals surface area contributed by atoms with E-state index in [2.05, 4.69) is 5.32 Å². The van der Waals surface area contributed by atoms with Crippen molar-refractivity contribution in [2.45, 2.75) is 30.8 Å². The topological polar surface area (TPSA) is 124 Å². The molecular formula is C36H39Cl2N3O8S. The molecule has 0 spiro atoms. The third-order valence-electron chi connectivity index (χ3n) is 7.84. The van der Waals surface area contributed by atoms with Crippen LogP contribution in [-0.4, -0.2) is 72.7 Å². The third kappa shape index (κ3) is 8.92. The van der Waals surface area contributed by atoms with Crippen molar-refractivity contribution < 1.29 is 37.0 Å². The zero-order valence-corrected chi connectivity index (χ0v) is 30.6. The molecule has 0 unspecified atom stereocenters. The van der Waals surface area contributed by atoms with Gasteiger partial charge >= 0.3 is 0 Å². The van der Waals surface area contributed by atoms with Crippen LogP contribution < -0.4 is 28.6 Å². The first-order chi connectivity index (χ1) is 24.0. The second-order valence-electron chi connectivity index (χ2n) is 10.9. The van der Waals surface area contributed by atoms with Crippen LogP contribution in [-0.2, 0) is 32.6 Å². The van der Waals surface area contributed by atoms with Crippen molar-refractivity contribution in [3.63, 3.8) is 0 Å². The highest BCUT2D eigenvalue weighted by Crippen LogP contribution is 2.38. The van der Waals surface area contributed by atoms with Gasteiger partial charge < -0.3 is 29.2 Å². The number of nitrogens with one attached hydrogen (secondary N) is 1. The lowest BCUT2D eigenvalue weighted by atomic mass is 10.0. The van der Waals surface area contributed by atoms with Crippen LogP contribution in [0.4, 0.5) is 5.69 Å². The number of anilines is 1. The van der Waals surface area contributed by atoms with Crippen LogP contribution in [0.25, 0.3) is 0 Å². The van der Waals surface area contributed by atoms with Crippen LogP contribution in [0.15, 0.2) is 89.8 Å². The van der Waals surface area contributed by atoms with Gasteiger partial charge in [0.2, 0.25) is 11.8 Å². The average Bonchev–Trinajstić information content (AvgIpc) is 3.13. The van der Waals surface area contributed by atoms with Gasteiger partial charge in [-0.1, -0.05) is 59.6 Å². The SMILES string of the molecule is CCNC(=O)[C@@H](Cc1ccccc1)N(Cc1ccc(Cl)c(Cl)c1)C(=O)CN(c1cc(OC)ccc1OC)S(=O)(=O)c1ccc(OC)c(OC)c1. The van der Waals surface area contributed by atoms with E-state index in [1.54, 1.807) is 31.2 Å². The fourth-order valence-electron chi connectivity index (χ4n) is 5.29. The molecule has 1 N–H and O–H groups in total. The van der Waals surface area contributed by atoms with Crippen molar-refractivity contribution in [2.24, 2.45) is 0 Å². The van der Waals surface area contributed by atoms with Gasteiger partial charge in [0, 0.05) is 31.6 Å². The van der Waals surface area contributed by atoms with Crippen LogP contribution in [0.5, 0.6) is 23.0 Å². The molecule has 0 bridgehead atoms. The minimum absolute atomic E-state index is 0.0297. The van der Waals surface area contributed by atoms with Crippen molar-refractivity contribution in [2.75, 3.05) is 45.8 Å². The largest absolute Gasteiger partial charge is 0.497 e. The molecule has 1 atom stereocenters. The van der Waals surface area contributed by atoms with Gasteiger partial charge in [-0.05, 0) is 54.4 Å². The average molecular weight is 745 g/mol. The van der Waals surface area contributed by atoms with E-state index < -0.39 is 34.4 Å². The Morgan fingerprint density at radius 1 is 0.760 bits per heavy atom. The molecular weight excluding hydrogens is 705 g/mol. The van der Waals surface area contributed by atoms with Gasteiger partial charge in [-0.2, -0.15) is 0 Å². The number of amides is 2. The Kier molecular flexibility index (Phi) is 13.2. The van der Waals surface area contributed by atoms with E-state index in [0.717, 1.165) is 9.87 Å². The number of methoxy groups -OCH3 is 4. The summed E-state index contributed by atoms with van der Waals surface area (Å²) in [6.07, 6.45) is 0.143. The van der Waals surface area contributed by atoms with E-state index >= 15 is 0 Å². The predicted octanol–water partition coefficient (Wildman–Crippen LogP) is 6.00. The number of sulfonamides is 1. The minimum Gasteiger partial charge on any atom is -0.497 e. The smallest absolute Gasteiger partial charge is 0.265 e. The minimum atomic E-state index is -4.52. The molecule has 4 aromatic rings. The number of halogens is 2. The predicted molar refractivity (Wildman–Crippen MR) is 193 cm³/mol. The van der Waals surface area contributed by atoms with Gasteiger partial charge in [0.05, 0.1) is 49.1 Å². The summed E-state index contributed by atoms with van der Waals surface area (Å²) in [5.74, 6) is -0.152. The standard InChI is InChI=1S/C36H39Cl2N3O8S/c1-6-39-36(43)31(19-24-10-8-7-9-11-24)40(22-25-12-15-28(37)29(38)18-25)35(42)23-41(30-20-26(46-2)13-16-32(30)47-3)50(44,45)27-14-17-33(48-4)34(21-27)49-5/h7-18,20-21,31H,6,19,22-23H2,1-5H3,(H,39,43)/t31-/m1/s1. The molecule has 0 aliphatic carbocycles. The molecule has 2 amide bonds. The highest BCUT2D eigenvalue weighted by atomic mass is 35.5. The highest BCUT2D eigenvalue weighted by Gasteiger charge is 2.36. The summed E-state index contributed by atoms with van der Waals surface area (Å²) in [6, 6.07) is 21.8. The Morgan fingerprint density at radius 2 is 1.44 bits per heavy atom. The lowest BCUT2D eigenvalue weighted by molar-refractivity contribution is -0.140. The molecule has 4 rings (SSSR count). The molecule has 266 valence electrons. The molecule has 0 saturated heterocycles. The summed E-state index contributed by atoms with van der Waals surface area (Å²) in [5.41, 5.74) is 1.39. The van der Waals surface area contributed by atoms with Crippen LogP contribution in [0.3, 0.4) is 0 Å². The normalized spacial score (nSPS) is 11.7. The molecule has 0 saturated carbocycles. The number of benzene rings is 4. The second kappa shape index (κ2) is 17.3. The van der Waals surface area contributed by atoms with Crippen molar-refractivity contribution in [1.29, 1.82) is 0 Å². The number of hydrogen-bond acceptors (Lipinski definition) is 8. The van der Waals surface area contributed by atoms with Crippen molar-refractivity contribution in [1.82, 2.24) is 10.2 Å². The van der Waals surface area contributed by atoms with Crippen LogP contribution >= 0.6 is 23.2 Å². The Morgan fingerprint density at radius 3 is 2.06 bits per heavy atom. The highest BCUT2D eigenvalue weighted by molar-refractivity contribution is 7.92. The van der Waals surface area contributed by atoms with Gasteiger partial charge in [-0.15, -0.1) is 0 Å². The number of rotatable bonds is 16. The quantitative estimate of drug-likeness (QED) is 0.148. The zero-order valence-electron chi connectivity index (χ0n) is 28.3. The molecule has 0 aromatic heterocycles. The molecule has 0 aliphatic heterocycles. The Balaban J connectivity index is 1.90. The number of hydrogen-bond donors (Lipinski definition) is 1. The molecule has 11 nitrogen and oxygen atoms in total. The molecule has 14 heteroatoms. The van der Waals surface area contributed by atoms with E-state index in [-0.39, 0.29) is 40.1 Å². The first-order valence-corrected chi connectivity index (χ1v) is 17.7. The van der Waals surface area contributed by atoms with Crippen LogP contribution in [0.2, 0.25) is 10.0 Å². The molecule has 0 aliphatic rings.